The van der Waals surface area contributed by atoms with Crippen molar-refractivity contribution in [1.82, 2.24) is 4.98 Å². The first-order valence-corrected chi connectivity index (χ1v) is 11.1. The van der Waals surface area contributed by atoms with Crippen LogP contribution in [0.4, 0.5) is 0 Å². The maximum atomic E-state index is 10.4. The van der Waals surface area contributed by atoms with Gasteiger partial charge in [-0.15, -0.1) is 0 Å². The number of nitrogens with zero attached hydrogens (tertiary/aromatic N) is 2. The van der Waals surface area contributed by atoms with Crippen LogP contribution in [0.1, 0.15) is 60.1 Å². The second-order valence-corrected chi connectivity index (χ2v) is 9.62. The monoisotopic (exact) mass is 484 g/mol. The van der Waals surface area contributed by atoms with Crippen LogP contribution in [0.5, 0.6) is 0 Å². The molecule has 0 aliphatic heterocycles. The zero-order chi connectivity index (χ0) is 19.4. The normalized spacial score (nSPS) is 24.6. The molecule has 2 fully saturated rings. The van der Waals surface area contributed by atoms with E-state index >= 15 is 0 Å². The fraction of sp³-hybridized carbons (Fsp3) is 0.391. The summed E-state index contributed by atoms with van der Waals surface area (Å²) < 4.78 is 6.54. The number of rotatable bonds is 3. The number of alkyl halides is 1. The molecule has 3 aromatic rings. The molecule has 0 amide bonds. The average molecular weight is 484 g/mol. The van der Waals surface area contributed by atoms with Gasteiger partial charge in [0.25, 0.3) is 0 Å². The van der Waals surface area contributed by atoms with Crippen LogP contribution in [0.3, 0.4) is 0 Å². The third-order valence-electron chi connectivity index (χ3n) is 6.11. The lowest BCUT2D eigenvalue weighted by Crippen LogP contribution is -2.10. The Morgan fingerprint density at radius 3 is 2.54 bits per heavy atom. The summed E-state index contributed by atoms with van der Waals surface area (Å²) >= 11 is 2.35. The predicted molar refractivity (Wildman–Crippen MR) is 117 cm³/mol. The minimum Gasteiger partial charge on any atom is -0.440 e. The van der Waals surface area contributed by atoms with Gasteiger partial charge >= 0.3 is 0 Å². The quantitative estimate of drug-likeness (QED) is 0.389. The maximum Gasteiger partial charge on any atom is 0.198 e. The molecule has 0 spiro atoms. The SMILES string of the molecule is Cc1c(-c2ccccc2)c([C@@H]2C[C@H](O)[C@@H](I)C2)c2oc(C3CC3)nc2c1C#N. The van der Waals surface area contributed by atoms with Crippen LogP contribution in [-0.4, -0.2) is 20.1 Å². The van der Waals surface area contributed by atoms with Gasteiger partial charge in [0.05, 0.1) is 11.7 Å². The summed E-state index contributed by atoms with van der Waals surface area (Å²) in [5.41, 5.74) is 6.30. The summed E-state index contributed by atoms with van der Waals surface area (Å²) in [7, 11) is 0. The molecule has 0 bridgehead atoms. The van der Waals surface area contributed by atoms with Crippen molar-refractivity contribution in [3.05, 3.63) is 52.9 Å². The van der Waals surface area contributed by atoms with Crippen LogP contribution in [0.25, 0.3) is 22.2 Å². The molecule has 4 nitrogen and oxygen atoms in total. The van der Waals surface area contributed by atoms with E-state index in [1.54, 1.807) is 0 Å². The van der Waals surface area contributed by atoms with Crippen molar-refractivity contribution in [2.24, 2.45) is 0 Å². The molecule has 1 heterocycles. The predicted octanol–water partition coefficient (Wildman–Crippen LogP) is 5.59. The molecule has 0 radical (unpaired) electrons. The zero-order valence-electron chi connectivity index (χ0n) is 15.7. The lowest BCUT2D eigenvalue weighted by Gasteiger charge is -2.19. The Balaban J connectivity index is 1.84. The van der Waals surface area contributed by atoms with Crippen LogP contribution in [0.15, 0.2) is 34.7 Å². The van der Waals surface area contributed by atoms with Crippen molar-refractivity contribution < 1.29 is 9.52 Å². The zero-order valence-corrected chi connectivity index (χ0v) is 17.8. The standard InChI is InChI=1S/C23H21IN2O2/c1-12-16(11-25)21-22(28-23(26-21)14-7-8-14)20(15-9-17(24)18(27)10-15)19(12)13-5-3-2-4-6-13/h2-6,14-15,17-18,27H,7-10H2,1H3/t15-,17-,18-/m0/s1. The molecular formula is C23H21IN2O2. The molecule has 5 heteroatoms. The van der Waals surface area contributed by atoms with Gasteiger partial charge < -0.3 is 9.52 Å². The average Bonchev–Trinajstić information content (AvgIpc) is 3.38. The summed E-state index contributed by atoms with van der Waals surface area (Å²) in [6.45, 7) is 2.02. The highest BCUT2D eigenvalue weighted by atomic mass is 127. The van der Waals surface area contributed by atoms with Crippen LogP contribution < -0.4 is 0 Å². The third kappa shape index (κ3) is 2.85. The number of aliphatic hydroxyl groups excluding tert-OH is 1. The molecule has 1 aromatic heterocycles. The molecule has 2 aliphatic rings. The van der Waals surface area contributed by atoms with Gasteiger partial charge in [0.15, 0.2) is 11.5 Å². The molecular weight excluding hydrogens is 463 g/mol. The van der Waals surface area contributed by atoms with Gasteiger partial charge in [0.1, 0.15) is 11.6 Å². The molecule has 5 rings (SSSR count). The number of nitriles is 1. The van der Waals surface area contributed by atoms with Gasteiger partial charge in [-0.3, -0.25) is 0 Å². The minimum atomic E-state index is -0.314. The van der Waals surface area contributed by atoms with Crippen LogP contribution >= 0.6 is 22.6 Å². The Bertz CT molecular complexity index is 1090. The molecule has 2 saturated carbocycles. The highest BCUT2D eigenvalue weighted by molar-refractivity contribution is 14.1. The summed E-state index contributed by atoms with van der Waals surface area (Å²) in [4.78, 5) is 4.76. The molecule has 1 N–H and O–H groups in total. The van der Waals surface area contributed by atoms with E-state index in [0.717, 1.165) is 53.0 Å². The second-order valence-electron chi connectivity index (χ2n) is 8.02. The van der Waals surface area contributed by atoms with Crippen LogP contribution in [0, 0.1) is 18.3 Å². The first-order chi connectivity index (χ1) is 13.6. The number of oxazole rings is 1. The fourth-order valence-electron chi connectivity index (χ4n) is 4.51. The van der Waals surface area contributed by atoms with E-state index < -0.39 is 0 Å². The Labute approximate surface area is 177 Å². The Morgan fingerprint density at radius 2 is 1.93 bits per heavy atom. The molecule has 142 valence electrons. The van der Waals surface area contributed by atoms with E-state index in [0.29, 0.717) is 23.4 Å². The number of fused-ring (bicyclic) bond motifs is 1. The van der Waals surface area contributed by atoms with Crippen LogP contribution in [0.2, 0.25) is 0 Å². The van der Waals surface area contributed by atoms with E-state index in [4.69, 9.17) is 9.40 Å². The minimum absolute atomic E-state index is 0.195. The smallest absolute Gasteiger partial charge is 0.198 e. The number of halogens is 1. The van der Waals surface area contributed by atoms with Crippen molar-refractivity contribution in [3.63, 3.8) is 0 Å². The summed E-state index contributed by atoms with van der Waals surface area (Å²) in [6.07, 6.45) is 3.51. The van der Waals surface area contributed by atoms with Gasteiger partial charge in [-0.1, -0.05) is 52.9 Å². The van der Waals surface area contributed by atoms with E-state index in [1.165, 1.54) is 0 Å². The Morgan fingerprint density at radius 1 is 1.18 bits per heavy atom. The van der Waals surface area contributed by atoms with Gasteiger partial charge in [-0.2, -0.15) is 5.26 Å². The molecule has 2 aliphatic carbocycles. The van der Waals surface area contributed by atoms with Gasteiger partial charge in [0.2, 0.25) is 0 Å². The Hall–Kier alpha value is -1.91. The van der Waals surface area contributed by atoms with Crippen molar-refractivity contribution in [2.45, 2.75) is 54.5 Å². The van der Waals surface area contributed by atoms with Crippen LogP contribution in [-0.2, 0) is 0 Å². The van der Waals surface area contributed by atoms with Crippen molar-refractivity contribution in [3.8, 4) is 17.2 Å². The number of hydrogen-bond donors (Lipinski definition) is 1. The molecule has 28 heavy (non-hydrogen) atoms. The lowest BCUT2D eigenvalue weighted by molar-refractivity contribution is 0.190. The van der Waals surface area contributed by atoms with E-state index in [-0.39, 0.29) is 15.9 Å². The fourth-order valence-corrected chi connectivity index (χ4v) is 5.42. The van der Waals surface area contributed by atoms with Crippen molar-refractivity contribution in [1.29, 1.82) is 5.26 Å². The lowest BCUT2D eigenvalue weighted by atomic mass is 9.84. The van der Waals surface area contributed by atoms with E-state index in [1.807, 2.05) is 25.1 Å². The molecule has 3 atom stereocenters. The van der Waals surface area contributed by atoms with Crippen molar-refractivity contribution in [2.75, 3.05) is 0 Å². The molecule has 2 aromatic carbocycles. The highest BCUT2D eigenvalue weighted by Gasteiger charge is 2.38. The van der Waals surface area contributed by atoms with Gasteiger partial charge in [-0.05, 0) is 55.2 Å². The van der Waals surface area contributed by atoms with Crippen molar-refractivity contribution >= 4 is 33.7 Å². The number of hydrogen-bond acceptors (Lipinski definition) is 4. The topological polar surface area (TPSA) is 70.1 Å². The largest absolute Gasteiger partial charge is 0.440 e. The Kier molecular flexibility index (Phi) is 4.44. The number of benzene rings is 2. The third-order valence-corrected chi connectivity index (χ3v) is 7.45. The molecule has 0 saturated heterocycles. The first kappa shape index (κ1) is 18.1. The number of aromatic nitrogens is 1. The van der Waals surface area contributed by atoms with Gasteiger partial charge in [-0.25, -0.2) is 4.98 Å². The first-order valence-electron chi connectivity index (χ1n) is 9.83. The summed E-state index contributed by atoms with van der Waals surface area (Å²) in [5.74, 6) is 1.35. The summed E-state index contributed by atoms with van der Waals surface area (Å²) in [5, 5.41) is 20.3. The number of aliphatic hydroxyl groups is 1. The second kappa shape index (κ2) is 6.85. The van der Waals surface area contributed by atoms with Gasteiger partial charge in [0, 0.05) is 15.4 Å². The maximum absolute atomic E-state index is 10.4. The highest BCUT2D eigenvalue weighted by Crippen LogP contribution is 2.49. The summed E-state index contributed by atoms with van der Waals surface area (Å²) in [6, 6.07) is 12.6. The molecule has 0 unspecified atom stereocenters. The van der Waals surface area contributed by atoms with E-state index in [2.05, 4.69) is 40.8 Å². The van der Waals surface area contributed by atoms with E-state index in [9.17, 15) is 10.4 Å².